The smallest absolute Gasteiger partial charge is 0.251 e. The summed E-state index contributed by atoms with van der Waals surface area (Å²) in [5, 5.41) is 17.4. The molecule has 0 atom stereocenters. The van der Waals surface area contributed by atoms with E-state index in [2.05, 4.69) is 31.1 Å². The monoisotopic (exact) mass is 376 g/mol. The van der Waals surface area contributed by atoms with Gasteiger partial charge in [-0.3, -0.25) is 4.79 Å². The lowest BCUT2D eigenvalue weighted by molar-refractivity contribution is 0.0954. The summed E-state index contributed by atoms with van der Waals surface area (Å²) in [7, 11) is 0. The molecule has 1 amide bonds. The fourth-order valence-corrected chi connectivity index (χ4v) is 2.61. The fourth-order valence-electron chi connectivity index (χ4n) is 2.61. The molecule has 0 saturated heterocycles. The van der Waals surface area contributed by atoms with Crippen molar-refractivity contribution in [1.82, 2.24) is 20.5 Å². The molecule has 3 aromatic rings. The van der Waals surface area contributed by atoms with Crippen LogP contribution in [0, 0.1) is 20.8 Å². The molecule has 3 N–H and O–H groups in total. The zero-order chi connectivity index (χ0) is 19.9. The number of carbonyl (C=O) groups excluding carboxylic acids is 1. The second-order valence-electron chi connectivity index (χ2n) is 6.65. The standard InChI is InChI=1S/C21H24N6O/c1-14-4-6-16(3)17(12-14)21(28)23-11-10-22-19-8-9-20(27-26-19)25-18-7-5-15(2)13-24-18/h4-9,12-13H,10-11H2,1-3H3,(H,22,26)(H,23,28)(H,24,25,27). The second kappa shape index (κ2) is 8.94. The van der Waals surface area contributed by atoms with E-state index < -0.39 is 0 Å². The van der Waals surface area contributed by atoms with Crippen molar-refractivity contribution in [3.05, 3.63) is 70.9 Å². The highest BCUT2D eigenvalue weighted by Gasteiger charge is 2.08. The molecule has 2 aromatic heterocycles. The van der Waals surface area contributed by atoms with Gasteiger partial charge in [-0.1, -0.05) is 23.8 Å². The highest BCUT2D eigenvalue weighted by atomic mass is 16.1. The molecule has 0 aliphatic rings. The van der Waals surface area contributed by atoms with Crippen molar-refractivity contribution in [2.24, 2.45) is 0 Å². The SMILES string of the molecule is Cc1ccc(Nc2ccc(NCCNC(=O)c3cc(C)ccc3C)nn2)nc1. The van der Waals surface area contributed by atoms with Crippen LogP contribution in [0.4, 0.5) is 17.5 Å². The van der Waals surface area contributed by atoms with Crippen LogP contribution in [0.2, 0.25) is 0 Å². The predicted octanol–water partition coefficient (Wildman–Crippen LogP) is 3.38. The van der Waals surface area contributed by atoms with Gasteiger partial charge < -0.3 is 16.0 Å². The Bertz CT molecular complexity index is 938. The van der Waals surface area contributed by atoms with E-state index >= 15 is 0 Å². The molecule has 0 bridgehead atoms. The van der Waals surface area contributed by atoms with E-state index in [0.717, 1.165) is 22.5 Å². The zero-order valence-corrected chi connectivity index (χ0v) is 16.3. The Balaban J connectivity index is 1.45. The Morgan fingerprint density at radius 3 is 2.29 bits per heavy atom. The van der Waals surface area contributed by atoms with Crippen LogP contribution < -0.4 is 16.0 Å². The van der Waals surface area contributed by atoms with Gasteiger partial charge in [-0.25, -0.2) is 4.98 Å². The summed E-state index contributed by atoms with van der Waals surface area (Å²) in [5.41, 5.74) is 3.84. The molecule has 144 valence electrons. The van der Waals surface area contributed by atoms with Crippen LogP contribution in [0.25, 0.3) is 0 Å². The average Bonchev–Trinajstić information content (AvgIpc) is 2.70. The molecule has 2 heterocycles. The van der Waals surface area contributed by atoms with Gasteiger partial charge in [-0.05, 0) is 56.2 Å². The summed E-state index contributed by atoms with van der Waals surface area (Å²) in [6.45, 7) is 6.94. The number of carbonyl (C=O) groups is 1. The maximum absolute atomic E-state index is 12.3. The van der Waals surface area contributed by atoms with Crippen LogP contribution in [0.3, 0.4) is 0 Å². The van der Waals surface area contributed by atoms with Crippen molar-refractivity contribution in [1.29, 1.82) is 0 Å². The van der Waals surface area contributed by atoms with Crippen molar-refractivity contribution in [2.75, 3.05) is 23.7 Å². The Kier molecular flexibility index (Phi) is 6.16. The quantitative estimate of drug-likeness (QED) is 0.548. The highest BCUT2D eigenvalue weighted by Crippen LogP contribution is 2.13. The van der Waals surface area contributed by atoms with Crippen LogP contribution in [0.1, 0.15) is 27.0 Å². The van der Waals surface area contributed by atoms with Gasteiger partial charge in [0, 0.05) is 24.8 Å². The van der Waals surface area contributed by atoms with E-state index in [4.69, 9.17) is 0 Å². The molecule has 28 heavy (non-hydrogen) atoms. The first-order valence-electron chi connectivity index (χ1n) is 9.14. The van der Waals surface area contributed by atoms with E-state index in [-0.39, 0.29) is 5.91 Å². The van der Waals surface area contributed by atoms with Gasteiger partial charge in [-0.15, -0.1) is 10.2 Å². The number of pyridine rings is 1. The Labute approximate surface area is 164 Å². The molecule has 0 fully saturated rings. The molecular formula is C21H24N6O. The summed E-state index contributed by atoms with van der Waals surface area (Å²) in [6, 6.07) is 13.4. The lowest BCUT2D eigenvalue weighted by Crippen LogP contribution is -2.29. The maximum Gasteiger partial charge on any atom is 0.251 e. The van der Waals surface area contributed by atoms with Gasteiger partial charge in [0.1, 0.15) is 11.6 Å². The first-order valence-corrected chi connectivity index (χ1v) is 9.14. The third-order valence-electron chi connectivity index (χ3n) is 4.19. The van der Waals surface area contributed by atoms with E-state index in [0.29, 0.717) is 30.3 Å². The van der Waals surface area contributed by atoms with Crippen molar-refractivity contribution in [3.8, 4) is 0 Å². The minimum Gasteiger partial charge on any atom is -0.367 e. The number of amides is 1. The van der Waals surface area contributed by atoms with E-state index in [1.165, 1.54) is 0 Å². The van der Waals surface area contributed by atoms with Crippen molar-refractivity contribution < 1.29 is 4.79 Å². The number of aromatic nitrogens is 3. The van der Waals surface area contributed by atoms with Gasteiger partial charge in [0.25, 0.3) is 5.91 Å². The third-order valence-corrected chi connectivity index (χ3v) is 4.19. The number of hydrogen-bond acceptors (Lipinski definition) is 6. The number of nitrogens with zero attached hydrogens (tertiary/aromatic N) is 3. The van der Waals surface area contributed by atoms with Crippen molar-refractivity contribution in [3.63, 3.8) is 0 Å². The lowest BCUT2D eigenvalue weighted by atomic mass is 10.1. The molecule has 0 spiro atoms. The maximum atomic E-state index is 12.3. The lowest BCUT2D eigenvalue weighted by Gasteiger charge is -2.10. The zero-order valence-electron chi connectivity index (χ0n) is 16.3. The molecule has 7 heteroatoms. The summed E-state index contributed by atoms with van der Waals surface area (Å²) < 4.78 is 0. The van der Waals surface area contributed by atoms with Crippen LogP contribution in [-0.2, 0) is 0 Å². The average molecular weight is 376 g/mol. The molecule has 1 aromatic carbocycles. The third kappa shape index (κ3) is 5.26. The Morgan fingerprint density at radius 1 is 0.857 bits per heavy atom. The van der Waals surface area contributed by atoms with Gasteiger partial charge >= 0.3 is 0 Å². The van der Waals surface area contributed by atoms with Crippen LogP contribution in [0.5, 0.6) is 0 Å². The molecule has 0 saturated carbocycles. The number of aryl methyl sites for hydroxylation is 3. The molecule has 0 aliphatic carbocycles. The van der Waals surface area contributed by atoms with Gasteiger partial charge in [-0.2, -0.15) is 0 Å². The molecule has 0 unspecified atom stereocenters. The van der Waals surface area contributed by atoms with Crippen LogP contribution >= 0.6 is 0 Å². The van der Waals surface area contributed by atoms with Gasteiger partial charge in [0.2, 0.25) is 0 Å². The molecule has 7 nitrogen and oxygen atoms in total. The van der Waals surface area contributed by atoms with E-state index in [1.54, 1.807) is 6.20 Å². The summed E-state index contributed by atoms with van der Waals surface area (Å²) in [6.07, 6.45) is 1.79. The molecule has 0 aliphatic heterocycles. The summed E-state index contributed by atoms with van der Waals surface area (Å²) in [5.74, 6) is 1.91. The number of anilines is 3. The second-order valence-corrected chi connectivity index (χ2v) is 6.65. The Morgan fingerprint density at radius 2 is 1.57 bits per heavy atom. The van der Waals surface area contributed by atoms with Crippen molar-refractivity contribution >= 4 is 23.4 Å². The molecular weight excluding hydrogens is 352 g/mol. The highest BCUT2D eigenvalue weighted by molar-refractivity contribution is 5.95. The van der Waals surface area contributed by atoms with Crippen LogP contribution in [0.15, 0.2) is 48.7 Å². The first-order chi connectivity index (χ1) is 13.5. The van der Waals surface area contributed by atoms with E-state index in [1.807, 2.05) is 63.2 Å². The van der Waals surface area contributed by atoms with Crippen molar-refractivity contribution in [2.45, 2.75) is 20.8 Å². The fraction of sp³-hybridized carbons (Fsp3) is 0.238. The number of benzene rings is 1. The number of nitrogens with one attached hydrogen (secondary N) is 3. The summed E-state index contributed by atoms with van der Waals surface area (Å²) >= 11 is 0. The molecule has 0 radical (unpaired) electrons. The Hall–Kier alpha value is -3.48. The number of hydrogen-bond donors (Lipinski definition) is 3. The molecule has 3 rings (SSSR count). The summed E-state index contributed by atoms with van der Waals surface area (Å²) in [4.78, 5) is 16.6. The predicted molar refractivity (Wildman–Crippen MR) is 111 cm³/mol. The van der Waals surface area contributed by atoms with Gasteiger partial charge in [0.05, 0.1) is 0 Å². The minimum absolute atomic E-state index is 0.0702. The van der Waals surface area contributed by atoms with Gasteiger partial charge in [0.15, 0.2) is 5.82 Å². The topological polar surface area (TPSA) is 91.8 Å². The number of rotatable bonds is 7. The van der Waals surface area contributed by atoms with E-state index in [9.17, 15) is 4.79 Å². The minimum atomic E-state index is -0.0702. The largest absolute Gasteiger partial charge is 0.367 e. The normalized spacial score (nSPS) is 10.4. The first kappa shape index (κ1) is 19.3. The van der Waals surface area contributed by atoms with Crippen LogP contribution in [-0.4, -0.2) is 34.2 Å².